The minimum absolute atomic E-state index is 0.727. The molecule has 0 unspecified atom stereocenters. The van der Waals surface area contributed by atoms with Crippen LogP contribution in [0.5, 0.6) is 0 Å². The van der Waals surface area contributed by atoms with Gasteiger partial charge in [-0.2, -0.15) is 0 Å². The van der Waals surface area contributed by atoms with Gasteiger partial charge in [0.25, 0.3) is 0 Å². The fraction of sp³-hybridized carbons (Fsp3) is 0. The lowest BCUT2D eigenvalue weighted by molar-refractivity contribution is 1.33. The van der Waals surface area contributed by atoms with E-state index < -0.39 is 0 Å². The summed E-state index contributed by atoms with van der Waals surface area (Å²) in [6, 6.07) is 9.35. The van der Waals surface area contributed by atoms with Gasteiger partial charge in [-0.15, -0.1) is 0 Å². The van der Waals surface area contributed by atoms with Crippen LogP contribution in [0.2, 0.25) is 0 Å². The molecule has 0 aliphatic rings. The van der Waals surface area contributed by atoms with E-state index in [1.807, 2.05) is 24.3 Å². The number of nitrogens with two attached hydrogens (primary N) is 1. The molecular weight excluding hydrogens is 171 g/mol. The van der Waals surface area contributed by atoms with E-state index in [-0.39, 0.29) is 0 Å². The smallest absolute Gasteiger partial charge is 0.113 e. The van der Waals surface area contributed by atoms with Crippen LogP contribution >= 0.6 is 0 Å². The lowest BCUT2D eigenvalue weighted by Gasteiger charge is -2.04. The number of rotatable bonds is 1. The average Bonchev–Trinajstić information content (AvgIpc) is 2.20. The molecule has 14 heavy (non-hydrogen) atoms. The Morgan fingerprint density at radius 1 is 1.07 bits per heavy atom. The summed E-state index contributed by atoms with van der Waals surface area (Å²) in [7, 11) is 5.60. The molecule has 3 heteroatoms. The van der Waals surface area contributed by atoms with E-state index in [1.165, 1.54) is 0 Å². The van der Waals surface area contributed by atoms with Crippen LogP contribution in [-0.2, 0) is 0 Å². The summed E-state index contributed by atoms with van der Waals surface area (Å²) < 4.78 is 0. The third kappa shape index (κ3) is 1.62. The number of nitrogen functional groups attached to an aromatic ring is 1. The van der Waals surface area contributed by atoms with Crippen LogP contribution in [0.25, 0.3) is 11.1 Å². The minimum Gasteiger partial charge on any atom is -0.398 e. The van der Waals surface area contributed by atoms with Gasteiger partial charge < -0.3 is 5.73 Å². The fourth-order valence-electron chi connectivity index (χ4n) is 1.31. The molecule has 66 valence electrons. The number of nitrogens with zero attached hydrogens (tertiary/aromatic N) is 1. The molecule has 2 radical (unpaired) electrons. The standard InChI is InChI=1S/C11H9BN2/c12-9-3-1-8(2-4-9)10-7-14-6-5-11(10)13/h1-7H,(H2,13,14). The summed E-state index contributed by atoms with van der Waals surface area (Å²) in [6.07, 6.45) is 3.43. The van der Waals surface area contributed by atoms with Gasteiger partial charge in [0.15, 0.2) is 0 Å². The van der Waals surface area contributed by atoms with Crippen molar-refractivity contribution in [1.82, 2.24) is 4.98 Å². The van der Waals surface area contributed by atoms with Crippen molar-refractivity contribution >= 4 is 19.0 Å². The van der Waals surface area contributed by atoms with E-state index in [0.29, 0.717) is 0 Å². The Bertz CT molecular complexity index is 437. The van der Waals surface area contributed by atoms with Crippen LogP contribution < -0.4 is 11.2 Å². The van der Waals surface area contributed by atoms with E-state index in [9.17, 15) is 0 Å². The zero-order valence-electron chi connectivity index (χ0n) is 7.64. The molecule has 2 aromatic rings. The first-order chi connectivity index (χ1) is 6.77. The Morgan fingerprint density at radius 3 is 2.43 bits per heavy atom. The predicted octanol–water partition coefficient (Wildman–Crippen LogP) is 1.12. The van der Waals surface area contributed by atoms with Crippen molar-refractivity contribution in [3.05, 3.63) is 42.7 Å². The summed E-state index contributed by atoms with van der Waals surface area (Å²) in [4.78, 5) is 4.03. The molecule has 0 saturated heterocycles. The first-order valence-corrected chi connectivity index (χ1v) is 4.33. The third-order valence-electron chi connectivity index (χ3n) is 2.08. The maximum Gasteiger partial charge on any atom is 0.113 e. The van der Waals surface area contributed by atoms with Crippen molar-refractivity contribution in [3.8, 4) is 11.1 Å². The summed E-state index contributed by atoms with van der Waals surface area (Å²) in [6.45, 7) is 0. The van der Waals surface area contributed by atoms with Gasteiger partial charge in [-0.3, -0.25) is 4.98 Å². The van der Waals surface area contributed by atoms with Crippen molar-refractivity contribution in [2.24, 2.45) is 0 Å². The number of aromatic nitrogens is 1. The highest BCUT2D eigenvalue weighted by molar-refractivity contribution is 6.32. The highest BCUT2D eigenvalue weighted by Gasteiger charge is 2.00. The maximum absolute atomic E-state index is 5.82. The van der Waals surface area contributed by atoms with Gasteiger partial charge in [0.05, 0.1) is 0 Å². The first kappa shape index (κ1) is 8.82. The molecule has 0 aliphatic carbocycles. The molecule has 1 aromatic carbocycles. The number of benzene rings is 1. The number of anilines is 1. The normalized spacial score (nSPS) is 10.0. The van der Waals surface area contributed by atoms with Gasteiger partial charge in [0.1, 0.15) is 7.85 Å². The van der Waals surface area contributed by atoms with Gasteiger partial charge in [-0.25, -0.2) is 0 Å². The van der Waals surface area contributed by atoms with Crippen LogP contribution in [-0.4, -0.2) is 12.8 Å². The van der Waals surface area contributed by atoms with Gasteiger partial charge in [0.2, 0.25) is 0 Å². The molecule has 0 bridgehead atoms. The van der Waals surface area contributed by atoms with Gasteiger partial charge in [-0.1, -0.05) is 29.7 Å². The monoisotopic (exact) mass is 180 g/mol. The molecule has 0 fully saturated rings. The van der Waals surface area contributed by atoms with Crippen molar-refractivity contribution in [2.75, 3.05) is 5.73 Å². The molecule has 0 atom stereocenters. The fourth-order valence-corrected chi connectivity index (χ4v) is 1.31. The van der Waals surface area contributed by atoms with Crippen LogP contribution in [0.1, 0.15) is 0 Å². The van der Waals surface area contributed by atoms with Gasteiger partial charge >= 0.3 is 0 Å². The summed E-state index contributed by atoms with van der Waals surface area (Å²) in [5, 5.41) is 0. The lowest BCUT2D eigenvalue weighted by Crippen LogP contribution is -2.00. The zero-order valence-corrected chi connectivity index (χ0v) is 7.64. The van der Waals surface area contributed by atoms with E-state index in [4.69, 9.17) is 13.6 Å². The Kier molecular flexibility index (Phi) is 2.23. The molecule has 2 N–H and O–H groups in total. The predicted molar refractivity (Wildman–Crippen MR) is 59.5 cm³/mol. The number of hydrogen-bond donors (Lipinski definition) is 1. The van der Waals surface area contributed by atoms with Gasteiger partial charge in [0, 0.05) is 23.6 Å². The molecule has 0 saturated carbocycles. The second-order valence-electron chi connectivity index (χ2n) is 3.08. The SMILES string of the molecule is [B]c1ccc(-c2cnccc2N)cc1. The van der Waals surface area contributed by atoms with E-state index >= 15 is 0 Å². The van der Waals surface area contributed by atoms with Crippen LogP contribution in [0, 0.1) is 0 Å². The van der Waals surface area contributed by atoms with Crippen molar-refractivity contribution in [1.29, 1.82) is 0 Å². The molecule has 1 heterocycles. The Hall–Kier alpha value is -1.77. The summed E-state index contributed by atoms with van der Waals surface area (Å²) >= 11 is 0. The molecule has 2 nitrogen and oxygen atoms in total. The molecule has 1 aromatic heterocycles. The maximum atomic E-state index is 5.82. The van der Waals surface area contributed by atoms with Crippen LogP contribution in [0.4, 0.5) is 5.69 Å². The van der Waals surface area contributed by atoms with E-state index in [2.05, 4.69) is 4.98 Å². The highest BCUT2D eigenvalue weighted by Crippen LogP contribution is 2.23. The number of hydrogen-bond acceptors (Lipinski definition) is 2. The Balaban J connectivity index is 2.50. The summed E-state index contributed by atoms with van der Waals surface area (Å²) in [5.41, 5.74) is 9.26. The second kappa shape index (κ2) is 3.54. The highest BCUT2D eigenvalue weighted by atomic mass is 14.7. The van der Waals surface area contributed by atoms with Crippen molar-refractivity contribution < 1.29 is 0 Å². The molecule has 2 rings (SSSR count). The second-order valence-corrected chi connectivity index (χ2v) is 3.08. The minimum atomic E-state index is 0.727. The zero-order chi connectivity index (χ0) is 9.97. The third-order valence-corrected chi connectivity index (χ3v) is 2.08. The Morgan fingerprint density at radius 2 is 1.79 bits per heavy atom. The topological polar surface area (TPSA) is 38.9 Å². The Labute approximate surface area is 84.2 Å². The molecule has 0 aliphatic heterocycles. The van der Waals surface area contributed by atoms with Crippen molar-refractivity contribution in [3.63, 3.8) is 0 Å². The first-order valence-electron chi connectivity index (χ1n) is 4.33. The molecule has 0 spiro atoms. The molecular formula is C11H9BN2. The van der Waals surface area contributed by atoms with Crippen molar-refractivity contribution in [2.45, 2.75) is 0 Å². The quantitative estimate of drug-likeness (QED) is 0.668. The van der Waals surface area contributed by atoms with Crippen LogP contribution in [0.15, 0.2) is 42.7 Å². The number of pyridine rings is 1. The average molecular weight is 180 g/mol. The van der Waals surface area contributed by atoms with E-state index in [1.54, 1.807) is 18.5 Å². The molecule has 0 amide bonds. The lowest BCUT2D eigenvalue weighted by atomic mass is 9.94. The van der Waals surface area contributed by atoms with E-state index in [0.717, 1.165) is 22.3 Å². The van der Waals surface area contributed by atoms with Gasteiger partial charge in [-0.05, 0) is 11.6 Å². The van der Waals surface area contributed by atoms with Crippen LogP contribution in [0.3, 0.4) is 0 Å². The summed E-state index contributed by atoms with van der Waals surface area (Å²) in [5.74, 6) is 0. The largest absolute Gasteiger partial charge is 0.398 e.